The summed E-state index contributed by atoms with van der Waals surface area (Å²) in [6.07, 6.45) is 3.15. The van der Waals surface area contributed by atoms with Gasteiger partial charge < -0.3 is 14.4 Å². The van der Waals surface area contributed by atoms with Crippen LogP contribution in [-0.2, 0) is 13.1 Å². The smallest absolute Gasteiger partial charge is 0.199 e. The Morgan fingerprint density at radius 1 is 0.949 bits per heavy atom. The van der Waals surface area contributed by atoms with Crippen LogP contribution in [0, 0.1) is 17.1 Å². The number of ether oxygens (including phenoxy) is 2. The summed E-state index contributed by atoms with van der Waals surface area (Å²) < 4.78 is 27.4. The van der Waals surface area contributed by atoms with Gasteiger partial charge in [-0.2, -0.15) is 5.26 Å². The molecule has 0 unspecified atom stereocenters. The minimum absolute atomic E-state index is 0.0605. The summed E-state index contributed by atoms with van der Waals surface area (Å²) in [7, 11) is 3.25. The van der Waals surface area contributed by atoms with E-state index in [0.717, 1.165) is 22.6 Å². The van der Waals surface area contributed by atoms with Crippen LogP contribution < -0.4 is 14.4 Å². The Kier molecular flexibility index (Phi) is 7.19. The zero-order valence-corrected chi connectivity index (χ0v) is 21.5. The predicted molar refractivity (Wildman–Crippen MR) is 147 cm³/mol. The van der Waals surface area contributed by atoms with Crippen molar-refractivity contribution in [2.75, 3.05) is 19.1 Å². The Balaban J connectivity index is 1.67. The molecule has 0 bridgehead atoms. The maximum Gasteiger partial charge on any atom is 0.199 e. The van der Waals surface area contributed by atoms with Gasteiger partial charge in [-0.25, -0.2) is 18.9 Å². The van der Waals surface area contributed by atoms with Crippen LogP contribution in [0.1, 0.15) is 22.5 Å². The normalized spacial score (nSPS) is 10.7. The number of halogens is 1. The second-order valence-electron chi connectivity index (χ2n) is 8.72. The molecular formula is C30H25FN6O2. The third-order valence-electron chi connectivity index (χ3n) is 6.26. The lowest BCUT2D eigenvalue weighted by Gasteiger charge is -2.25. The summed E-state index contributed by atoms with van der Waals surface area (Å²) in [5, 5.41) is 13.9. The zero-order valence-electron chi connectivity index (χ0n) is 21.5. The van der Waals surface area contributed by atoms with Crippen molar-refractivity contribution in [3.63, 3.8) is 0 Å². The minimum atomic E-state index is -0.640. The van der Waals surface area contributed by atoms with Crippen LogP contribution in [0.4, 0.5) is 10.2 Å². The highest BCUT2D eigenvalue weighted by atomic mass is 19.1. The number of nitrogens with zero attached hydrogens (tertiary/aromatic N) is 6. The summed E-state index contributed by atoms with van der Waals surface area (Å²) in [4.78, 5) is 11.6. The number of benzene rings is 3. The molecule has 39 heavy (non-hydrogen) atoms. The van der Waals surface area contributed by atoms with Gasteiger partial charge in [-0.3, -0.25) is 0 Å². The van der Waals surface area contributed by atoms with Crippen molar-refractivity contribution in [2.24, 2.45) is 0 Å². The average Bonchev–Trinajstić information content (AvgIpc) is 3.41. The average molecular weight is 521 g/mol. The first-order valence-electron chi connectivity index (χ1n) is 12.1. The molecule has 0 saturated carbocycles. The van der Waals surface area contributed by atoms with Gasteiger partial charge in [0.1, 0.15) is 23.4 Å². The van der Waals surface area contributed by atoms with Gasteiger partial charge in [0.2, 0.25) is 0 Å². The largest absolute Gasteiger partial charge is 0.497 e. The maximum absolute atomic E-state index is 15.2. The Bertz CT molecular complexity index is 1620. The molecule has 0 aliphatic heterocycles. The Morgan fingerprint density at radius 2 is 1.56 bits per heavy atom. The van der Waals surface area contributed by atoms with Crippen molar-refractivity contribution in [2.45, 2.75) is 13.1 Å². The number of fused-ring (bicyclic) bond motifs is 1. The van der Waals surface area contributed by atoms with Crippen molar-refractivity contribution in [1.29, 1.82) is 5.26 Å². The second-order valence-corrected chi connectivity index (χ2v) is 8.72. The van der Waals surface area contributed by atoms with E-state index >= 15 is 4.39 Å². The first kappa shape index (κ1) is 25.4. The molecule has 5 rings (SSSR count). The summed E-state index contributed by atoms with van der Waals surface area (Å²) in [5.74, 6) is 1.78. The molecule has 0 aliphatic rings. The van der Waals surface area contributed by atoms with Crippen molar-refractivity contribution in [3.05, 3.63) is 108 Å². The first-order chi connectivity index (χ1) is 19.0. The Morgan fingerprint density at radius 3 is 2.10 bits per heavy atom. The molecule has 8 nitrogen and oxygen atoms in total. The molecule has 2 aromatic heterocycles. The van der Waals surface area contributed by atoms with E-state index in [1.165, 1.54) is 6.07 Å². The highest BCUT2D eigenvalue weighted by Gasteiger charge is 2.21. The van der Waals surface area contributed by atoms with Gasteiger partial charge in [-0.05, 0) is 53.6 Å². The van der Waals surface area contributed by atoms with Crippen LogP contribution in [0.25, 0.3) is 23.0 Å². The molecule has 5 aromatic rings. The van der Waals surface area contributed by atoms with Crippen molar-refractivity contribution >= 4 is 17.5 Å². The van der Waals surface area contributed by atoms with Crippen LogP contribution >= 0.6 is 0 Å². The van der Waals surface area contributed by atoms with Crippen LogP contribution in [0.15, 0.2) is 79.5 Å². The fourth-order valence-corrected chi connectivity index (χ4v) is 4.24. The van der Waals surface area contributed by atoms with Crippen LogP contribution in [0.3, 0.4) is 0 Å². The molecule has 0 radical (unpaired) electrons. The summed E-state index contributed by atoms with van der Waals surface area (Å²) in [5.41, 5.74) is 2.97. The van der Waals surface area contributed by atoms with Crippen molar-refractivity contribution in [1.82, 2.24) is 19.6 Å². The van der Waals surface area contributed by atoms with Crippen LogP contribution in [0.2, 0.25) is 0 Å². The van der Waals surface area contributed by atoms with Crippen LogP contribution in [0.5, 0.6) is 11.5 Å². The van der Waals surface area contributed by atoms with E-state index in [-0.39, 0.29) is 11.1 Å². The minimum Gasteiger partial charge on any atom is -0.497 e. The predicted octanol–water partition coefficient (Wildman–Crippen LogP) is 5.67. The van der Waals surface area contributed by atoms with E-state index in [2.05, 4.69) is 21.6 Å². The number of nitriles is 1. The molecule has 0 saturated heterocycles. The quantitative estimate of drug-likeness (QED) is 0.247. The topological polar surface area (TPSA) is 88.6 Å². The fourth-order valence-electron chi connectivity index (χ4n) is 4.24. The number of aromatic nitrogens is 4. The van der Waals surface area contributed by atoms with Crippen LogP contribution in [-0.4, -0.2) is 33.8 Å². The standard InChI is InChI=1S/C30H25FN6O2/c1-4-27-34-30-29(33-26(19-37(30)35-27)25-7-5-6-22(16-32)28(25)31)36(17-20-8-12-23(38-2)13-9-20)18-21-10-14-24(39-3)15-11-21/h4-15,19H,1,17-18H2,2-3H3. The lowest BCUT2D eigenvalue weighted by Crippen LogP contribution is -2.24. The highest BCUT2D eigenvalue weighted by Crippen LogP contribution is 2.30. The van der Waals surface area contributed by atoms with E-state index in [4.69, 9.17) is 14.5 Å². The second kappa shape index (κ2) is 11.0. The lowest BCUT2D eigenvalue weighted by atomic mass is 10.1. The molecule has 0 N–H and O–H groups in total. The maximum atomic E-state index is 15.2. The van der Waals surface area contributed by atoms with Gasteiger partial charge in [-0.15, -0.1) is 5.10 Å². The zero-order chi connectivity index (χ0) is 27.4. The molecule has 0 fully saturated rings. The molecule has 194 valence electrons. The molecule has 9 heteroatoms. The molecule has 0 amide bonds. The van der Waals surface area contributed by atoms with E-state index < -0.39 is 5.82 Å². The van der Waals surface area contributed by atoms with E-state index in [1.54, 1.807) is 43.1 Å². The number of hydrogen-bond acceptors (Lipinski definition) is 7. The monoisotopic (exact) mass is 520 g/mol. The molecule has 3 aromatic carbocycles. The summed E-state index contributed by atoms with van der Waals surface area (Å²) >= 11 is 0. The van der Waals surface area contributed by atoms with E-state index in [0.29, 0.717) is 36.1 Å². The van der Waals surface area contributed by atoms with E-state index in [1.807, 2.05) is 54.6 Å². The fraction of sp³-hybridized carbons (Fsp3) is 0.133. The van der Waals surface area contributed by atoms with Gasteiger partial charge in [-0.1, -0.05) is 36.9 Å². The number of methoxy groups -OCH3 is 2. The summed E-state index contributed by atoms with van der Waals surface area (Å²) in [6, 6.07) is 22.1. The molecule has 2 heterocycles. The highest BCUT2D eigenvalue weighted by molar-refractivity contribution is 5.72. The van der Waals surface area contributed by atoms with Gasteiger partial charge in [0, 0.05) is 18.7 Å². The molecular weight excluding hydrogens is 495 g/mol. The number of hydrogen-bond donors (Lipinski definition) is 0. The van der Waals surface area contributed by atoms with Gasteiger partial charge in [0.25, 0.3) is 0 Å². The van der Waals surface area contributed by atoms with E-state index in [9.17, 15) is 5.26 Å². The van der Waals surface area contributed by atoms with Gasteiger partial charge in [0.05, 0.1) is 31.7 Å². The SMILES string of the molecule is C=Cc1nc2c(N(Cc3ccc(OC)cc3)Cc3ccc(OC)cc3)nc(-c3cccc(C#N)c3F)cn2n1. The lowest BCUT2D eigenvalue weighted by molar-refractivity contribution is 0.414. The molecule has 0 atom stereocenters. The number of anilines is 1. The molecule has 0 aliphatic carbocycles. The number of rotatable bonds is 9. The Hall–Kier alpha value is -5.23. The summed E-state index contributed by atoms with van der Waals surface area (Å²) in [6.45, 7) is 4.74. The van der Waals surface area contributed by atoms with Crippen molar-refractivity contribution < 1.29 is 13.9 Å². The first-order valence-corrected chi connectivity index (χ1v) is 12.1. The third kappa shape index (κ3) is 5.26. The molecule has 0 spiro atoms. The van der Waals surface area contributed by atoms with Crippen molar-refractivity contribution in [3.8, 4) is 28.8 Å². The van der Waals surface area contributed by atoms with Gasteiger partial charge >= 0.3 is 0 Å². The Labute approximate surface area is 225 Å². The third-order valence-corrected chi connectivity index (χ3v) is 6.26. The van der Waals surface area contributed by atoms with Gasteiger partial charge in [0.15, 0.2) is 17.3 Å².